The van der Waals surface area contributed by atoms with E-state index in [9.17, 15) is 5.11 Å². The van der Waals surface area contributed by atoms with Gasteiger partial charge in [-0.15, -0.1) is 0 Å². The minimum Gasteiger partial charge on any atom is -0.508 e. The van der Waals surface area contributed by atoms with Crippen molar-refractivity contribution < 1.29 is 9.84 Å². The Labute approximate surface area is 145 Å². The Bertz CT molecular complexity index is 566. The van der Waals surface area contributed by atoms with Crippen LogP contribution in [0.1, 0.15) is 45.1 Å². The molecule has 0 unspecified atom stereocenters. The zero-order chi connectivity index (χ0) is 17.6. The molecular formula is C19H31N3O2. The van der Waals surface area contributed by atoms with E-state index in [0.29, 0.717) is 12.0 Å². The fourth-order valence-corrected chi connectivity index (χ4v) is 3.50. The van der Waals surface area contributed by atoms with Crippen LogP contribution in [0.2, 0.25) is 0 Å². The number of nitrogens with one attached hydrogen (secondary N) is 2. The molecule has 0 spiro atoms. The number of ether oxygens (including phenoxy) is 1. The second-order valence-corrected chi connectivity index (χ2v) is 7.23. The summed E-state index contributed by atoms with van der Waals surface area (Å²) in [5.74, 6) is 2.48. The van der Waals surface area contributed by atoms with Crippen molar-refractivity contribution in [3.63, 3.8) is 0 Å². The Morgan fingerprint density at radius 3 is 2.62 bits per heavy atom. The molecule has 0 atom stereocenters. The van der Waals surface area contributed by atoms with Crippen molar-refractivity contribution >= 4 is 5.96 Å². The van der Waals surface area contributed by atoms with Crippen molar-refractivity contribution in [2.45, 2.75) is 46.1 Å². The molecule has 1 aromatic carbocycles. The summed E-state index contributed by atoms with van der Waals surface area (Å²) in [6, 6.07) is 5.23. The maximum Gasteiger partial charge on any atom is 0.191 e. The van der Waals surface area contributed by atoms with Crippen molar-refractivity contribution in [2.75, 3.05) is 20.7 Å². The maximum atomic E-state index is 9.97. The Kier molecular flexibility index (Phi) is 6.35. The predicted molar refractivity (Wildman–Crippen MR) is 98.6 cm³/mol. The summed E-state index contributed by atoms with van der Waals surface area (Å²) in [5, 5.41) is 16.7. The molecule has 5 heteroatoms. The molecule has 0 bridgehead atoms. The summed E-state index contributed by atoms with van der Waals surface area (Å²) < 4.78 is 5.21. The van der Waals surface area contributed by atoms with Gasteiger partial charge in [0.05, 0.1) is 7.11 Å². The highest BCUT2D eigenvalue weighted by Gasteiger charge is 2.37. The molecule has 0 aromatic heterocycles. The van der Waals surface area contributed by atoms with E-state index in [-0.39, 0.29) is 5.75 Å². The zero-order valence-corrected chi connectivity index (χ0v) is 15.4. The maximum absolute atomic E-state index is 9.97. The van der Waals surface area contributed by atoms with E-state index < -0.39 is 0 Å². The van der Waals surface area contributed by atoms with Crippen molar-refractivity contribution in [3.8, 4) is 11.5 Å². The van der Waals surface area contributed by atoms with Gasteiger partial charge in [0, 0.05) is 25.7 Å². The number of rotatable bonds is 7. The molecule has 0 radical (unpaired) electrons. The molecule has 0 heterocycles. The molecule has 0 saturated heterocycles. The van der Waals surface area contributed by atoms with Crippen molar-refractivity contribution in [1.82, 2.24) is 10.6 Å². The first-order chi connectivity index (χ1) is 11.5. The first-order valence-electron chi connectivity index (χ1n) is 8.78. The Balaban J connectivity index is 1.89. The Morgan fingerprint density at radius 2 is 2.08 bits per heavy atom. The summed E-state index contributed by atoms with van der Waals surface area (Å²) in [6.45, 7) is 6.03. The molecule has 1 aromatic rings. The normalized spacial score (nSPS) is 16.6. The smallest absolute Gasteiger partial charge is 0.191 e. The third-order valence-electron chi connectivity index (χ3n) is 4.84. The molecule has 1 aliphatic rings. The van der Waals surface area contributed by atoms with Gasteiger partial charge < -0.3 is 20.5 Å². The second kappa shape index (κ2) is 8.27. The van der Waals surface area contributed by atoms with E-state index in [2.05, 4.69) is 29.5 Å². The summed E-state index contributed by atoms with van der Waals surface area (Å²) in [6.07, 6.45) is 5.18. The Hall–Kier alpha value is -1.91. The standard InChI is InChI=1S/C19H31N3O2/c1-14(2)11-19(8-5-9-19)13-22-18(20-3)21-12-15-10-16(24-4)6-7-17(15)23/h6-7,10,14,23H,5,8-9,11-13H2,1-4H3,(H2,20,21,22). The van der Waals surface area contributed by atoms with Crippen LogP contribution in [0.15, 0.2) is 23.2 Å². The van der Waals surface area contributed by atoms with Gasteiger partial charge in [0.1, 0.15) is 11.5 Å². The van der Waals surface area contributed by atoms with Crippen molar-refractivity contribution in [1.29, 1.82) is 0 Å². The lowest BCUT2D eigenvalue weighted by molar-refractivity contribution is 0.104. The topological polar surface area (TPSA) is 65.9 Å². The van der Waals surface area contributed by atoms with Gasteiger partial charge in [-0.2, -0.15) is 0 Å². The number of guanidine groups is 1. The van der Waals surface area contributed by atoms with Gasteiger partial charge in [-0.05, 0) is 48.8 Å². The third-order valence-corrected chi connectivity index (χ3v) is 4.84. The molecule has 0 aliphatic heterocycles. The molecule has 134 valence electrons. The van der Waals surface area contributed by atoms with E-state index in [0.717, 1.165) is 29.7 Å². The number of hydrogen-bond acceptors (Lipinski definition) is 3. The molecule has 24 heavy (non-hydrogen) atoms. The molecule has 1 fully saturated rings. The summed E-state index contributed by atoms with van der Waals surface area (Å²) >= 11 is 0. The van der Waals surface area contributed by atoms with Gasteiger partial charge in [-0.1, -0.05) is 20.3 Å². The van der Waals surface area contributed by atoms with E-state index >= 15 is 0 Å². The lowest BCUT2D eigenvalue weighted by Gasteiger charge is -2.43. The average Bonchev–Trinajstić information content (AvgIpc) is 2.53. The highest BCUT2D eigenvalue weighted by atomic mass is 16.5. The SMILES string of the molecule is CN=C(NCc1cc(OC)ccc1O)NCC1(CC(C)C)CCC1. The number of aromatic hydroxyl groups is 1. The third kappa shape index (κ3) is 4.79. The molecule has 0 amide bonds. The van der Waals surface area contributed by atoms with E-state index in [1.54, 1.807) is 26.3 Å². The number of methoxy groups -OCH3 is 1. The van der Waals surface area contributed by atoms with Crippen molar-refractivity contribution in [3.05, 3.63) is 23.8 Å². The predicted octanol–water partition coefficient (Wildman–Crippen LogP) is 3.28. The number of phenolic OH excluding ortho intramolecular Hbond substituents is 1. The summed E-state index contributed by atoms with van der Waals surface area (Å²) in [7, 11) is 3.40. The number of phenols is 1. The fraction of sp³-hybridized carbons (Fsp3) is 0.632. The molecule has 5 nitrogen and oxygen atoms in total. The van der Waals surface area contributed by atoms with Crippen LogP contribution in [0.3, 0.4) is 0 Å². The fourth-order valence-electron chi connectivity index (χ4n) is 3.50. The Morgan fingerprint density at radius 1 is 1.33 bits per heavy atom. The van der Waals surface area contributed by atoms with Gasteiger partial charge in [-0.3, -0.25) is 4.99 Å². The number of hydrogen-bond donors (Lipinski definition) is 3. The van der Waals surface area contributed by atoms with Crippen LogP contribution in [0.4, 0.5) is 0 Å². The molecule has 1 aliphatic carbocycles. The quantitative estimate of drug-likeness (QED) is 0.529. The second-order valence-electron chi connectivity index (χ2n) is 7.23. The van der Waals surface area contributed by atoms with Crippen LogP contribution in [0.5, 0.6) is 11.5 Å². The monoisotopic (exact) mass is 333 g/mol. The number of benzene rings is 1. The van der Waals surface area contributed by atoms with Crippen LogP contribution in [0.25, 0.3) is 0 Å². The van der Waals surface area contributed by atoms with Crippen molar-refractivity contribution in [2.24, 2.45) is 16.3 Å². The van der Waals surface area contributed by atoms with Crippen LogP contribution in [0, 0.1) is 11.3 Å². The van der Waals surface area contributed by atoms with Gasteiger partial charge in [0.15, 0.2) is 5.96 Å². The van der Waals surface area contributed by atoms with Crippen LogP contribution in [-0.2, 0) is 6.54 Å². The molecule has 3 N–H and O–H groups in total. The number of aliphatic imine (C=N–C) groups is 1. The van der Waals surface area contributed by atoms with Crippen LogP contribution >= 0.6 is 0 Å². The zero-order valence-electron chi connectivity index (χ0n) is 15.4. The number of nitrogens with zero attached hydrogens (tertiary/aromatic N) is 1. The van der Waals surface area contributed by atoms with Gasteiger partial charge in [0.25, 0.3) is 0 Å². The molecule has 2 rings (SSSR count). The molecule has 1 saturated carbocycles. The summed E-state index contributed by atoms with van der Waals surface area (Å²) in [4.78, 5) is 4.30. The first-order valence-corrected chi connectivity index (χ1v) is 8.78. The van der Waals surface area contributed by atoms with E-state index in [1.165, 1.54) is 25.7 Å². The van der Waals surface area contributed by atoms with Crippen LogP contribution < -0.4 is 15.4 Å². The largest absolute Gasteiger partial charge is 0.508 e. The molecular weight excluding hydrogens is 302 g/mol. The van der Waals surface area contributed by atoms with Crippen LogP contribution in [-0.4, -0.2) is 31.8 Å². The first kappa shape index (κ1) is 18.4. The van der Waals surface area contributed by atoms with E-state index in [1.807, 2.05) is 6.07 Å². The highest BCUT2D eigenvalue weighted by Crippen LogP contribution is 2.45. The minimum absolute atomic E-state index is 0.258. The summed E-state index contributed by atoms with van der Waals surface area (Å²) in [5.41, 5.74) is 1.21. The van der Waals surface area contributed by atoms with Gasteiger partial charge >= 0.3 is 0 Å². The van der Waals surface area contributed by atoms with Gasteiger partial charge in [-0.25, -0.2) is 0 Å². The lowest BCUT2D eigenvalue weighted by Crippen LogP contribution is -2.46. The lowest BCUT2D eigenvalue weighted by atomic mass is 9.64. The highest BCUT2D eigenvalue weighted by molar-refractivity contribution is 5.79. The van der Waals surface area contributed by atoms with E-state index in [4.69, 9.17) is 4.74 Å². The minimum atomic E-state index is 0.258. The average molecular weight is 333 g/mol. The van der Waals surface area contributed by atoms with Gasteiger partial charge in [0.2, 0.25) is 0 Å².